The fourth-order valence-corrected chi connectivity index (χ4v) is 13.5. The minimum absolute atomic E-state index is 0.116. The standard InChI is InChI=1S/C66H36B2N2O4/c1-2-16-40-39(15-1)45-33-51-59(73-63-31-37(29-61-65(63)67(51)49-21-7-13-27-57(49)71-61)69-53-23-9-3-17-41(53)42-18-4-10-24-54(42)69)35-47(45)48-36-60-52(34-46(40)48)68-50-22-8-14-28-58(50)72-62-30-38(32-64(74-60)66(62)68)70-55-25-11-5-19-43(55)44-20-6-12-26-56(44)70/h1-36H. The maximum absolute atomic E-state index is 7.29. The molecule has 18 rings (SSSR count). The second-order valence-electron chi connectivity index (χ2n) is 20.2. The summed E-state index contributed by atoms with van der Waals surface area (Å²) >= 11 is 0. The number of hydrogen-bond acceptors (Lipinski definition) is 4. The Morgan fingerprint density at radius 2 is 0.527 bits per heavy atom. The number of hydrogen-bond donors (Lipinski definition) is 0. The molecule has 0 N–H and O–H groups in total. The molecule has 0 fully saturated rings. The fraction of sp³-hybridized carbons (Fsp3) is 0. The van der Waals surface area contributed by atoms with Gasteiger partial charge in [0.2, 0.25) is 0 Å². The summed E-state index contributed by atoms with van der Waals surface area (Å²) in [6.45, 7) is -0.232. The van der Waals surface area contributed by atoms with Gasteiger partial charge in [0.15, 0.2) is 0 Å². The summed E-state index contributed by atoms with van der Waals surface area (Å²) in [5, 5.41) is 11.7. The smallest absolute Gasteiger partial charge is 0.260 e. The molecule has 340 valence electrons. The maximum Gasteiger partial charge on any atom is 0.260 e. The molecule has 0 spiro atoms. The van der Waals surface area contributed by atoms with Crippen molar-refractivity contribution in [1.82, 2.24) is 9.13 Å². The van der Waals surface area contributed by atoms with Crippen molar-refractivity contribution in [3.05, 3.63) is 218 Å². The molecule has 0 radical (unpaired) electrons. The number of benzene rings is 12. The van der Waals surface area contributed by atoms with Crippen LogP contribution in [0.4, 0.5) is 0 Å². The summed E-state index contributed by atoms with van der Waals surface area (Å²) in [5.74, 6) is 6.57. The Balaban J connectivity index is 0.872. The van der Waals surface area contributed by atoms with Crippen LogP contribution in [0.5, 0.6) is 46.0 Å². The molecule has 0 amide bonds. The third-order valence-corrected chi connectivity index (χ3v) is 16.5. The van der Waals surface area contributed by atoms with Gasteiger partial charge in [-0.1, -0.05) is 146 Å². The molecule has 6 nitrogen and oxygen atoms in total. The van der Waals surface area contributed by atoms with E-state index in [1.54, 1.807) is 0 Å². The van der Waals surface area contributed by atoms with Crippen molar-refractivity contribution in [2.75, 3.05) is 0 Å². The third-order valence-electron chi connectivity index (χ3n) is 16.5. The largest absolute Gasteiger partial charge is 0.458 e. The van der Waals surface area contributed by atoms with Crippen molar-refractivity contribution in [3.63, 3.8) is 0 Å². The van der Waals surface area contributed by atoms with Gasteiger partial charge >= 0.3 is 0 Å². The van der Waals surface area contributed by atoms with Crippen LogP contribution in [0.3, 0.4) is 0 Å². The third kappa shape index (κ3) is 5.06. The average Bonchev–Trinajstić information content (AvgIpc) is 4.02. The van der Waals surface area contributed by atoms with Crippen LogP contribution in [0.25, 0.3) is 87.3 Å². The van der Waals surface area contributed by atoms with Crippen molar-refractivity contribution in [2.24, 2.45) is 0 Å². The van der Waals surface area contributed by atoms with Crippen LogP contribution in [0.1, 0.15) is 0 Å². The Hall–Kier alpha value is -9.65. The Bertz CT molecular complexity index is 4490. The summed E-state index contributed by atoms with van der Waals surface area (Å²) < 4.78 is 33.1. The summed E-state index contributed by atoms with van der Waals surface area (Å²) in [6, 6.07) is 78.5. The van der Waals surface area contributed by atoms with Crippen molar-refractivity contribution in [3.8, 4) is 57.4 Å². The Morgan fingerprint density at radius 3 is 0.905 bits per heavy atom. The van der Waals surface area contributed by atoms with Gasteiger partial charge in [0.25, 0.3) is 13.4 Å². The summed E-state index contributed by atoms with van der Waals surface area (Å²) in [5.41, 5.74) is 13.1. The Labute approximate surface area is 423 Å². The van der Waals surface area contributed by atoms with Gasteiger partial charge in [-0.25, -0.2) is 0 Å². The van der Waals surface area contributed by atoms with E-state index in [1.165, 1.54) is 32.3 Å². The van der Waals surface area contributed by atoms with Crippen LogP contribution in [0.2, 0.25) is 0 Å². The van der Waals surface area contributed by atoms with Crippen molar-refractivity contribution >= 4 is 122 Å². The van der Waals surface area contributed by atoms with E-state index in [0.29, 0.717) is 0 Å². The van der Waals surface area contributed by atoms with Gasteiger partial charge in [-0.05, 0) is 103 Å². The second-order valence-corrected chi connectivity index (χ2v) is 20.2. The molecule has 0 unspecified atom stereocenters. The van der Waals surface area contributed by atoms with Crippen molar-refractivity contribution in [2.45, 2.75) is 0 Å². The van der Waals surface area contributed by atoms with Crippen LogP contribution in [0, 0.1) is 0 Å². The van der Waals surface area contributed by atoms with Crippen molar-refractivity contribution < 1.29 is 18.9 Å². The van der Waals surface area contributed by atoms with Crippen LogP contribution < -0.4 is 51.7 Å². The van der Waals surface area contributed by atoms with E-state index in [2.05, 4.69) is 228 Å². The van der Waals surface area contributed by atoms with Crippen LogP contribution >= 0.6 is 0 Å². The molecule has 4 aliphatic rings. The molecule has 0 bridgehead atoms. The van der Waals surface area contributed by atoms with Gasteiger partial charge in [0.05, 0.1) is 33.4 Å². The Morgan fingerprint density at radius 1 is 0.230 bits per heavy atom. The van der Waals surface area contributed by atoms with Gasteiger partial charge in [0.1, 0.15) is 46.0 Å². The highest BCUT2D eigenvalue weighted by atomic mass is 16.5. The van der Waals surface area contributed by atoms with Crippen LogP contribution in [-0.4, -0.2) is 22.6 Å². The zero-order valence-electron chi connectivity index (χ0n) is 39.5. The predicted octanol–water partition coefficient (Wildman–Crippen LogP) is 12.8. The van der Waals surface area contributed by atoms with Crippen LogP contribution in [0.15, 0.2) is 218 Å². The molecular weight excluding hydrogens is 906 g/mol. The van der Waals surface area contributed by atoms with Gasteiger partial charge in [-0.3, -0.25) is 0 Å². The molecule has 0 atom stereocenters. The number of fused-ring (bicyclic) bond motifs is 20. The molecule has 0 saturated heterocycles. The van der Waals surface area contributed by atoms with Crippen molar-refractivity contribution in [1.29, 1.82) is 0 Å². The summed E-state index contributed by atoms with van der Waals surface area (Å²) in [4.78, 5) is 0. The number of rotatable bonds is 2. The average molecular weight is 943 g/mol. The predicted molar refractivity (Wildman–Crippen MR) is 303 cm³/mol. The normalized spacial score (nSPS) is 13.5. The zero-order valence-corrected chi connectivity index (χ0v) is 39.5. The Kier molecular flexibility index (Phi) is 7.41. The highest BCUT2D eigenvalue weighted by Crippen LogP contribution is 2.46. The number of nitrogens with zero attached hydrogens (tertiary/aromatic N) is 2. The van der Waals surface area contributed by atoms with E-state index in [0.717, 1.165) is 134 Å². The van der Waals surface area contributed by atoms with Crippen LogP contribution in [-0.2, 0) is 0 Å². The first kappa shape index (κ1) is 39.0. The van der Waals surface area contributed by atoms with E-state index in [4.69, 9.17) is 18.9 Å². The molecule has 0 aliphatic carbocycles. The molecular formula is C66H36B2N2O4. The van der Waals surface area contributed by atoms with E-state index in [9.17, 15) is 0 Å². The topological polar surface area (TPSA) is 46.8 Å². The molecule has 74 heavy (non-hydrogen) atoms. The SMILES string of the molecule is c1ccc2c(c1)Oc1cc(-n3c4ccccc4c4ccccc43)cc3c1B2c1cc2c4ccccc4c4cc5c(cc4c2cc1O3)Oc1cc(-n2c3ccccc3c3ccccc32)cc2c1B5c1ccccc1O2. The van der Waals surface area contributed by atoms with Gasteiger partial charge in [0, 0.05) is 56.7 Å². The minimum Gasteiger partial charge on any atom is -0.458 e. The first-order valence-electron chi connectivity index (χ1n) is 25.4. The molecule has 14 aromatic rings. The molecule has 0 saturated carbocycles. The maximum atomic E-state index is 7.29. The summed E-state index contributed by atoms with van der Waals surface area (Å²) in [6.07, 6.45) is 0. The van der Waals surface area contributed by atoms with E-state index >= 15 is 0 Å². The van der Waals surface area contributed by atoms with E-state index < -0.39 is 0 Å². The van der Waals surface area contributed by atoms with E-state index in [-0.39, 0.29) is 13.4 Å². The second kappa shape index (κ2) is 14.1. The van der Waals surface area contributed by atoms with Gasteiger partial charge < -0.3 is 28.1 Å². The lowest BCUT2D eigenvalue weighted by Gasteiger charge is -2.34. The number of aromatic nitrogens is 2. The van der Waals surface area contributed by atoms with E-state index in [1.807, 2.05) is 0 Å². The fourth-order valence-electron chi connectivity index (χ4n) is 13.5. The first-order valence-corrected chi connectivity index (χ1v) is 25.4. The monoisotopic (exact) mass is 942 g/mol. The highest BCUT2D eigenvalue weighted by molar-refractivity contribution is 6.99. The lowest BCUT2D eigenvalue weighted by Crippen LogP contribution is -2.57. The highest BCUT2D eigenvalue weighted by Gasteiger charge is 2.43. The molecule has 2 aromatic heterocycles. The van der Waals surface area contributed by atoms with Gasteiger partial charge in [-0.15, -0.1) is 0 Å². The quantitative estimate of drug-likeness (QED) is 0.128. The molecule has 12 aromatic carbocycles. The molecule has 8 heteroatoms. The zero-order chi connectivity index (χ0) is 47.9. The lowest BCUT2D eigenvalue weighted by atomic mass is 9.34. The first-order chi connectivity index (χ1) is 36.7. The lowest BCUT2D eigenvalue weighted by molar-refractivity contribution is 0.464. The molecule has 4 aliphatic heterocycles. The number of para-hydroxylation sites is 6. The summed E-state index contributed by atoms with van der Waals surface area (Å²) in [7, 11) is 0. The van der Waals surface area contributed by atoms with Gasteiger partial charge in [-0.2, -0.15) is 0 Å². The minimum atomic E-state index is -0.116. The number of ether oxygens (including phenoxy) is 4. The molecule has 6 heterocycles.